The summed E-state index contributed by atoms with van der Waals surface area (Å²) in [6.45, 7) is 1.76. The van der Waals surface area contributed by atoms with Gasteiger partial charge in [-0.15, -0.1) is 0 Å². The number of anilines is 2. The minimum absolute atomic E-state index is 0.173. The predicted molar refractivity (Wildman–Crippen MR) is 70.9 cm³/mol. The van der Waals surface area contributed by atoms with E-state index in [0.29, 0.717) is 0 Å². The molecule has 21 heavy (non-hydrogen) atoms. The van der Waals surface area contributed by atoms with E-state index in [1.807, 2.05) is 0 Å². The third kappa shape index (κ3) is 2.87. The van der Waals surface area contributed by atoms with Gasteiger partial charge in [-0.25, -0.2) is 8.42 Å². The highest BCUT2D eigenvalue weighted by Crippen LogP contribution is 2.35. The summed E-state index contributed by atoms with van der Waals surface area (Å²) in [6.07, 6.45) is 0. The number of aromatic nitrogens is 2. The van der Waals surface area contributed by atoms with Crippen molar-refractivity contribution in [2.75, 3.05) is 5.32 Å². The molecule has 0 aliphatic carbocycles. The molecule has 1 aromatic carbocycles. The maximum absolute atomic E-state index is 12.7. The zero-order chi connectivity index (χ0) is 15.8. The van der Waals surface area contributed by atoms with Crippen LogP contribution >= 0.6 is 0 Å². The molecule has 0 fully saturated rings. The van der Waals surface area contributed by atoms with Crippen molar-refractivity contribution in [3.8, 4) is 0 Å². The number of rotatable bonds is 3. The summed E-state index contributed by atoms with van der Waals surface area (Å²) in [5.41, 5.74) is -4.76. The van der Waals surface area contributed by atoms with Crippen molar-refractivity contribution < 1.29 is 21.6 Å². The number of aryl methyl sites for hydroxylation is 2. The van der Waals surface area contributed by atoms with Crippen molar-refractivity contribution in [3.63, 3.8) is 0 Å². The van der Waals surface area contributed by atoms with Gasteiger partial charge in [0, 0.05) is 18.8 Å². The highest BCUT2D eigenvalue weighted by atomic mass is 32.2. The Balaban J connectivity index is 2.47. The topological polar surface area (TPSA) is 64.0 Å². The first kappa shape index (κ1) is 15.4. The van der Waals surface area contributed by atoms with Crippen molar-refractivity contribution in [2.45, 2.75) is 17.3 Å². The number of nitrogens with one attached hydrogen (secondary N) is 1. The van der Waals surface area contributed by atoms with E-state index in [4.69, 9.17) is 0 Å². The van der Waals surface area contributed by atoms with Crippen LogP contribution in [0.15, 0.2) is 35.2 Å². The number of para-hydroxylation sites is 1. The summed E-state index contributed by atoms with van der Waals surface area (Å²) in [6, 6.07) is 6.42. The zero-order valence-electron chi connectivity index (χ0n) is 11.1. The third-order valence-electron chi connectivity index (χ3n) is 2.86. The largest absolute Gasteiger partial charge is 0.501 e. The minimum atomic E-state index is -5.43. The maximum Gasteiger partial charge on any atom is 0.501 e. The molecule has 0 spiro atoms. The lowest BCUT2D eigenvalue weighted by molar-refractivity contribution is -0.0435. The van der Waals surface area contributed by atoms with E-state index in [0.717, 1.165) is 11.8 Å². The molecular formula is C12H12F3N3O2S. The molecule has 0 amide bonds. The van der Waals surface area contributed by atoms with Crippen molar-refractivity contribution in [2.24, 2.45) is 7.05 Å². The van der Waals surface area contributed by atoms with E-state index in [-0.39, 0.29) is 11.5 Å². The van der Waals surface area contributed by atoms with Crippen LogP contribution < -0.4 is 5.32 Å². The molecule has 0 saturated carbocycles. The number of hydrogen-bond donors (Lipinski definition) is 1. The molecule has 0 radical (unpaired) electrons. The smallest absolute Gasteiger partial charge is 0.338 e. The molecule has 9 heteroatoms. The number of nitrogens with zero attached hydrogens (tertiary/aromatic N) is 2. The highest BCUT2D eigenvalue weighted by molar-refractivity contribution is 7.92. The van der Waals surface area contributed by atoms with Gasteiger partial charge in [0.05, 0.1) is 10.6 Å². The van der Waals surface area contributed by atoms with E-state index in [1.165, 1.54) is 22.9 Å². The fraction of sp³-hybridized carbons (Fsp3) is 0.250. The van der Waals surface area contributed by atoms with Gasteiger partial charge in [0.15, 0.2) is 5.82 Å². The highest BCUT2D eigenvalue weighted by Gasteiger charge is 2.47. The molecule has 2 rings (SSSR count). The van der Waals surface area contributed by atoms with Crippen molar-refractivity contribution in [1.29, 1.82) is 0 Å². The van der Waals surface area contributed by atoms with Crippen LogP contribution in [0.2, 0.25) is 0 Å². The quantitative estimate of drug-likeness (QED) is 0.945. The molecule has 0 atom stereocenters. The number of sulfone groups is 1. The van der Waals surface area contributed by atoms with Gasteiger partial charge in [-0.2, -0.15) is 18.3 Å². The van der Waals surface area contributed by atoms with Gasteiger partial charge in [0.1, 0.15) is 0 Å². The molecule has 1 heterocycles. The lowest BCUT2D eigenvalue weighted by Gasteiger charge is -2.12. The van der Waals surface area contributed by atoms with Crippen LogP contribution in [0, 0.1) is 6.92 Å². The van der Waals surface area contributed by atoms with Gasteiger partial charge >= 0.3 is 5.51 Å². The summed E-state index contributed by atoms with van der Waals surface area (Å²) in [4.78, 5) is -0.833. The monoisotopic (exact) mass is 319 g/mol. The predicted octanol–water partition coefficient (Wildman–Crippen LogP) is 2.77. The molecule has 1 N–H and O–H groups in total. The van der Waals surface area contributed by atoms with Crippen LogP contribution in [0.25, 0.3) is 0 Å². The van der Waals surface area contributed by atoms with E-state index >= 15 is 0 Å². The zero-order valence-corrected chi connectivity index (χ0v) is 12.0. The summed E-state index contributed by atoms with van der Waals surface area (Å²) >= 11 is 0. The Labute approximate surface area is 119 Å². The molecule has 0 aliphatic heterocycles. The molecule has 2 aromatic rings. The Morgan fingerprint density at radius 3 is 2.38 bits per heavy atom. The van der Waals surface area contributed by atoms with E-state index in [1.54, 1.807) is 20.0 Å². The standard InChI is InChI=1S/C12H12F3N3O2S/c1-8-7-11(17-18(8)2)16-9-5-3-4-6-10(9)21(19,20)12(13,14)15/h3-7H,1-2H3,(H,16,17). The maximum atomic E-state index is 12.7. The van der Waals surface area contributed by atoms with E-state index in [9.17, 15) is 21.6 Å². The van der Waals surface area contributed by atoms with Gasteiger partial charge in [0.2, 0.25) is 0 Å². The molecule has 0 saturated heterocycles. The lowest BCUT2D eigenvalue weighted by Crippen LogP contribution is -2.24. The number of hydrogen-bond acceptors (Lipinski definition) is 4. The van der Waals surface area contributed by atoms with Gasteiger partial charge in [-0.1, -0.05) is 12.1 Å². The summed E-state index contributed by atoms with van der Waals surface area (Å²) < 4.78 is 62.6. The minimum Gasteiger partial charge on any atom is -0.338 e. The van der Waals surface area contributed by atoms with Gasteiger partial charge in [0.25, 0.3) is 9.84 Å². The first-order chi connectivity index (χ1) is 9.63. The second kappa shape index (κ2) is 5.06. The van der Waals surface area contributed by atoms with Crippen LogP contribution in [0.1, 0.15) is 5.69 Å². The first-order valence-electron chi connectivity index (χ1n) is 5.81. The SMILES string of the molecule is Cc1cc(Nc2ccccc2S(=O)(=O)C(F)(F)F)nn1C. The molecule has 1 aromatic heterocycles. The summed E-state index contributed by atoms with van der Waals surface area (Å²) in [7, 11) is -3.76. The number of benzene rings is 1. The third-order valence-corrected chi connectivity index (χ3v) is 4.40. The summed E-state index contributed by atoms with van der Waals surface area (Å²) in [5.74, 6) is 0.264. The number of halogens is 3. The Hall–Kier alpha value is -2.03. The lowest BCUT2D eigenvalue weighted by atomic mass is 10.3. The second-order valence-electron chi connectivity index (χ2n) is 4.36. The van der Waals surface area contributed by atoms with Crippen molar-refractivity contribution >= 4 is 21.3 Å². The van der Waals surface area contributed by atoms with Crippen molar-refractivity contribution in [1.82, 2.24) is 9.78 Å². The molecule has 0 unspecified atom stereocenters. The Morgan fingerprint density at radius 2 is 1.86 bits per heavy atom. The molecule has 0 bridgehead atoms. The fourth-order valence-corrected chi connectivity index (χ4v) is 2.60. The molecular weight excluding hydrogens is 307 g/mol. The molecule has 0 aliphatic rings. The van der Waals surface area contributed by atoms with Crippen LogP contribution in [0.5, 0.6) is 0 Å². The van der Waals surface area contributed by atoms with Crippen LogP contribution in [-0.4, -0.2) is 23.7 Å². The average Bonchev–Trinajstić information content (AvgIpc) is 2.67. The number of alkyl halides is 3. The van der Waals surface area contributed by atoms with Crippen LogP contribution in [0.4, 0.5) is 24.7 Å². The molecule has 114 valence electrons. The molecule has 5 nitrogen and oxygen atoms in total. The normalized spacial score (nSPS) is 12.4. The Bertz CT molecular complexity index is 747. The van der Waals surface area contributed by atoms with Crippen LogP contribution in [-0.2, 0) is 16.9 Å². The second-order valence-corrected chi connectivity index (χ2v) is 6.27. The van der Waals surface area contributed by atoms with Gasteiger partial charge < -0.3 is 5.32 Å². The average molecular weight is 319 g/mol. The van der Waals surface area contributed by atoms with Gasteiger partial charge in [-0.3, -0.25) is 4.68 Å². The first-order valence-corrected chi connectivity index (χ1v) is 7.29. The Morgan fingerprint density at radius 1 is 1.24 bits per heavy atom. The summed E-state index contributed by atoms with van der Waals surface area (Å²) in [5, 5.41) is 6.62. The van der Waals surface area contributed by atoms with Crippen molar-refractivity contribution in [3.05, 3.63) is 36.0 Å². The Kier molecular flexibility index (Phi) is 3.70. The van der Waals surface area contributed by atoms with E-state index < -0.39 is 20.2 Å². The van der Waals surface area contributed by atoms with Crippen LogP contribution in [0.3, 0.4) is 0 Å². The van der Waals surface area contributed by atoms with Gasteiger partial charge in [-0.05, 0) is 19.1 Å². The van der Waals surface area contributed by atoms with E-state index in [2.05, 4.69) is 10.4 Å². The fourth-order valence-electron chi connectivity index (χ4n) is 1.69.